The van der Waals surface area contributed by atoms with Crippen LogP contribution in [-0.4, -0.2) is 6.54 Å². The second-order valence-electron chi connectivity index (χ2n) is 4.65. The molecule has 0 saturated carbocycles. The third-order valence-corrected chi connectivity index (χ3v) is 3.02. The lowest BCUT2D eigenvalue weighted by atomic mass is 10.1. The van der Waals surface area contributed by atoms with Crippen LogP contribution >= 0.6 is 0 Å². The summed E-state index contributed by atoms with van der Waals surface area (Å²) < 4.78 is 0. The fraction of sp³-hybridized carbons (Fsp3) is 0.600. The minimum absolute atomic E-state index is 0.474. The Labute approximate surface area is 100 Å². The van der Waals surface area contributed by atoms with Gasteiger partial charge in [-0.2, -0.15) is 0 Å². The molecule has 0 aliphatic carbocycles. The zero-order valence-corrected chi connectivity index (χ0v) is 10.9. The van der Waals surface area contributed by atoms with Crippen LogP contribution in [0.3, 0.4) is 0 Å². The second-order valence-corrected chi connectivity index (χ2v) is 4.65. The van der Waals surface area contributed by atoms with Gasteiger partial charge in [-0.05, 0) is 32.4 Å². The molecular weight excluding hydrogens is 194 g/mol. The lowest BCUT2D eigenvalue weighted by Crippen LogP contribution is -2.19. The van der Waals surface area contributed by atoms with Crippen LogP contribution in [0.15, 0.2) is 24.3 Å². The van der Waals surface area contributed by atoms with E-state index in [1.54, 1.807) is 0 Å². The second kappa shape index (κ2) is 7.45. The van der Waals surface area contributed by atoms with Crippen molar-refractivity contribution in [1.29, 1.82) is 0 Å². The molecule has 1 rings (SSSR count). The Morgan fingerprint density at radius 1 is 1.19 bits per heavy atom. The summed E-state index contributed by atoms with van der Waals surface area (Å²) in [5, 5.41) is 3.59. The summed E-state index contributed by atoms with van der Waals surface area (Å²) in [5.74, 6) is 0. The predicted octanol–water partition coefficient (Wildman–Crippen LogP) is 4.23. The summed E-state index contributed by atoms with van der Waals surface area (Å²) in [6.07, 6.45) is 5.32. The van der Waals surface area contributed by atoms with Crippen molar-refractivity contribution >= 4 is 0 Å². The zero-order chi connectivity index (χ0) is 11.8. The number of hydrogen-bond acceptors (Lipinski definition) is 1. The topological polar surface area (TPSA) is 12.0 Å². The Balaban J connectivity index is 2.27. The van der Waals surface area contributed by atoms with Crippen LogP contribution in [0.25, 0.3) is 0 Å². The van der Waals surface area contributed by atoms with Crippen molar-refractivity contribution in [2.24, 2.45) is 0 Å². The minimum Gasteiger partial charge on any atom is -0.310 e. The fourth-order valence-corrected chi connectivity index (χ4v) is 1.93. The van der Waals surface area contributed by atoms with E-state index in [9.17, 15) is 0 Å². The molecule has 0 radical (unpaired) electrons. The van der Waals surface area contributed by atoms with Gasteiger partial charge >= 0.3 is 0 Å². The third-order valence-electron chi connectivity index (χ3n) is 3.02. The van der Waals surface area contributed by atoms with Gasteiger partial charge in [0.2, 0.25) is 0 Å². The first-order valence-electron chi connectivity index (χ1n) is 6.54. The monoisotopic (exact) mass is 219 g/mol. The van der Waals surface area contributed by atoms with Gasteiger partial charge in [-0.3, -0.25) is 0 Å². The summed E-state index contributed by atoms with van der Waals surface area (Å²) in [4.78, 5) is 0. The van der Waals surface area contributed by atoms with Gasteiger partial charge in [0.25, 0.3) is 0 Å². The molecule has 0 heterocycles. The Morgan fingerprint density at radius 2 is 2.00 bits per heavy atom. The zero-order valence-electron chi connectivity index (χ0n) is 10.9. The highest BCUT2D eigenvalue weighted by atomic mass is 14.9. The first-order valence-corrected chi connectivity index (χ1v) is 6.54. The van der Waals surface area contributed by atoms with E-state index in [-0.39, 0.29) is 0 Å². The Kier molecular flexibility index (Phi) is 6.17. The molecule has 0 saturated heterocycles. The average Bonchev–Trinajstić information content (AvgIpc) is 2.28. The van der Waals surface area contributed by atoms with Crippen molar-refractivity contribution in [2.45, 2.75) is 52.5 Å². The number of hydrogen-bond donors (Lipinski definition) is 1. The lowest BCUT2D eigenvalue weighted by Gasteiger charge is -2.14. The van der Waals surface area contributed by atoms with Crippen LogP contribution in [0.1, 0.15) is 56.7 Å². The summed E-state index contributed by atoms with van der Waals surface area (Å²) >= 11 is 0. The van der Waals surface area contributed by atoms with E-state index in [4.69, 9.17) is 0 Å². The van der Waals surface area contributed by atoms with Crippen LogP contribution in [0.2, 0.25) is 0 Å². The van der Waals surface area contributed by atoms with E-state index in [0.717, 1.165) is 6.54 Å². The molecule has 1 aromatic carbocycles. The van der Waals surface area contributed by atoms with Crippen molar-refractivity contribution in [3.8, 4) is 0 Å². The predicted molar refractivity (Wildman–Crippen MR) is 71.7 cm³/mol. The first-order chi connectivity index (χ1) is 7.74. The summed E-state index contributed by atoms with van der Waals surface area (Å²) in [7, 11) is 0. The number of aryl methyl sites for hydroxylation is 1. The third kappa shape index (κ3) is 4.80. The van der Waals surface area contributed by atoms with E-state index in [0.29, 0.717) is 6.04 Å². The molecule has 0 unspecified atom stereocenters. The molecule has 0 aromatic heterocycles. The van der Waals surface area contributed by atoms with Crippen molar-refractivity contribution in [1.82, 2.24) is 5.32 Å². The van der Waals surface area contributed by atoms with Gasteiger partial charge in [0.1, 0.15) is 0 Å². The highest BCUT2D eigenvalue weighted by Gasteiger charge is 2.03. The number of rotatable bonds is 7. The highest BCUT2D eigenvalue weighted by Crippen LogP contribution is 2.13. The normalized spacial score (nSPS) is 12.7. The first kappa shape index (κ1) is 13.2. The van der Waals surface area contributed by atoms with E-state index in [1.807, 2.05) is 0 Å². The fourth-order valence-electron chi connectivity index (χ4n) is 1.93. The minimum atomic E-state index is 0.474. The molecule has 90 valence electrons. The molecule has 1 nitrogen and oxygen atoms in total. The van der Waals surface area contributed by atoms with Crippen molar-refractivity contribution < 1.29 is 0 Å². The van der Waals surface area contributed by atoms with Crippen LogP contribution < -0.4 is 5.32 Å². The Bertz CT molecular complexity index is 293. The average molecular weight is 219 g/mol. The summed E-state index contributed by atoms with van der Waals surface area (Å²) in [6.45, 7) is 7.78. The van der Waals surface area contributed by atoms with Crippen LogP contribution in [0.5, 0.6) is 0 Å². The molecule has 0 aliphatic rings. The van der Waals surface area contributed by atoms with E-state index >= 15 is 0 Å². The molecule has 16 heavy (non-hydrogen) atoms. The maximum atomic E-state index is 3.59. The van der Waals surface area contributed by atoms with Gasteiger partial charge in [-0.25, -0.2) is 0 Å². The van der Waals surface area contributed by atoms with Gasteiger partial charge in [0.05, 0.1) is 0 Å². The number of benzene rings is 1. The maximum Gasteiger partial charge on any atom is 0.0291 e. The molecule has 0 spiro atoms. The smallest absolute Gasteiger partial charge is 0.0291 e. The molecule has 1 heteroatoms. The molecule has 1 N–H and O–H groups in total. The van der Waals surface area contributed by atoms with Crippen LogP contribution in [-0.2, 0) is 0 Å². The highest BCUT2D eigenvalue weighted by molar-refractivity contribution is 5.24. The van der Waals surface area contributed by atoms with Gasteiger partial charge in [-0.1, -0.05) is 56.0 Å². The SMILES string of the molecule is CCCCCCN[C@H](C)c1cccc(C)c1. The van der Waals surface area contributed by atoms with Crippen molar-refractivity contribution in [3.63, 3.8) is 0 Å². The largest absolute Gasteiger partial charge is 0.310 e. The van der Waals surface area contributed by atoms with Gasteiger partial charge in [0.15, 0.2) is 0 Å². The molecule has 0 bridgehead atoms. The molecule has 1 atom stereocenters. The molecule has 0 aliphatic heterocycles. The molecule has 1 aromatic rings. The Morgan fingerprint density at radius 3 is 2.69 bits per heavy atom. The maximum absolute atomic E-state index is 3.59. The van der Waals surface area contributed by atoms with Gasteiger partial charge in [-0.15, -0.1) is 0 Å². The summed E-state index contributed by atoms with van der Waals surface area (Å²) in [5.41, 5.74) is 2.74. The number of unbranched alkanes of at least 4 members (excludes halogenated alkanes) is 3. The van der Waals surface area contributed by atoms with Crippen molar-refractivity contribution in [2.75, 3.05) is 6.54 Å². The van der Waals surface area contributed by atoms with Gasteiger partial charge < -0.3 is 5.32 Å². The number of nitrogens with one attached hydrogen (secondary N) is 1. The Hall–Kier alpha value is -0.820. The van der Waals surface area contributed by atoms with Crippen LogP contribution in [0.4, 0.5) is 0 Å². The van der Waals surface area contributed by atoms with Gasteiger partial charge in [0, 0.05) is 6.04 Å². The lowest BCUT2D eigenvalue weighted by molar-refractivity contribution is 0.536. The quantitative estimate of drug-likeness (QED) is 0.677. The standard InChI is InChI=1S/C15H25N/c1-4-5-6-7-11-16-14(3)15-10-8-9-13(2)12-15/h8-10,12,14,16H,4-7,11H2,1-3H3/t14-/m1/s1. The van der Waals surface area contributed by atoms with Crippen LogP contribution in [0, 0.1) is 6.92 Å². The van der Waals surface area contributed by atoms with E-state index in [1.165, 1.54) is 36.8 Å². The van der Waals surface area contributed by atoms with E-state index in [2.05, 4.69) is 50.4 Å². The molecular formula is C15H25N. The summed E-state index contributed by atoms with van der Waals surface area (Å²) in [6, 6.07) is 9.24. The van der Waals surface area contributed by atoms with Crippen molar-refractivity contribution in [3.05, 3.63) is 35.4 Å². The molecule has 0 amide bonds. The van der Waals surface area contributed by atoms with E-state index < -0.39 is 0 Å². The molecule has 0 fully saturated rings.